The van der Waals surface area contributed by atoms with Gasteiger partial charge in [-0.25, -0.2) is 0 Å². The topological polar surface area (TPSA) is 58.2 Å². The summed E-state index contributed by atoms with van der Waals surface area (Å²) in [6, 6.07) is 1.78. The van der Waals surface area contributed by atoms with Crippen LogP contribution in [0.25, 0.3) is 0 Å². The molecule has 3 rings (SSSR count). The quantitative estimate of drug-likeness (QED) is 0.687. The smallest absolute Gasteiger partial charge is 0.250 e. The Morgan fingerprint density at radius 3 is 2.93 bits per heavy atom. The molecule has 72 valence electrons. The molecule has 0 atom stereocenters. The summed E-state index contributed by atoms with van der Waals surface area (Å²) in [7, 11) is 0. The second-order valence-corrected chi connectivity index (χ2v) is 4.75. The molecule has 0 saturated heterocycles. The van der Waals surface area contributed by atoms with Gasteiger partial charge in [-0.2, -0.15) is 0 Å². The summed E-state index contributed by atoms with van der Waals surface area (Å²) < 4.78 is 0. The highest BCUT2D eigenvalue weighted by Gasteiger charge is 2.52. The summed E-state index contributed by atoms with van der Waals surface area (Å²) in [5.41, 5.74) is 0.517. The maximum Gasteiger partial charge on any atom is 0.250 e. The lowest BCUT2D eigenvalue weighted by Gasteiger charge is -2.23. The minimum absolute atomic E-state index is 0.0318. The number of aldehydes is 1. The zero-order valence-corrected chi connectivity index (χ0v) is 8.11. The fraction of sp³-hybridized carbons (Fsp3) is 0.333. The average molecular weight is 208 g/mol. The van der Waals surface area contributed by atoms with Gasteiger partial charge in [-0.3, -0.25) is 9.59 Å². The van der Waals surface area contributed by atoms with E-state index in [4.69, 9.17) is 0 Å². The highest BCUT2D eigenvalue weighted by molar-refractivity contribution is 7.18. The van der Waals surface area contributed by atoms with Crippen LogP contribution < -0.4 is 10.6 Å². The van der Waals surface area contributed by atoms with E-state index in [9.17, 15) is 9.59 Å². The van der Waals surface area contributed by atoms with Gasteiger partial charge in [0.15, 0.2) is 6.29 Å². The van der Waals surface area contributed by atoms with Gasteiger partial charge in [-0.05, 0) is 18.9 Å². The van der Waals surface area contributed by atoms with Crippen LogP contribution in [0.3, 0.4) is 0 Å². The molecule has 1 aliphatic heterocycles. The Hall–Kier alpha value is -1.36. The Balaban J connectivity index is 2.04. The minimum atomic E-state index is -0.367. The molecule has 2 N–H and O–H groups in total. The molecular weight excluding hydrogens is 200 g/mol. The molecule has 2 aliphatic rings. The summed E-state index contributed by atoms with van der Waals surface area (Å²) >= 11 is 1.31. The Bertz CT molecular complexity index is 434. The molecule has 0 radical (unpaired) electrons. The van der Waals surface area contributed by atoms with Gasteiger partial charge in [0.1, 0.15) is 10.5 Å². The molecule has 1 spiro atoms. The molecule has 1 aromatic rings. The van der Waals surface area contributed by atoms with Crippen molar-refractivity contribution < 1.29 is 9.59 Å². The molecule has 1 fully saturated rings. The van der Waals surface area contributed by atoms with E-state index in [-0.39, 0.29) is 11.4 Å². The van der Waals surface area contributed by atoms with Crippen LogP contribution in [-0.4, -0.2) is 17.7 Å². The third-order valence-corrected chi connectivity index (χ3v) is 3.63. The maximum absolute atomic E-state index is 11.6. The number of carbonyl (C=O) groups is 2. The van der Waals surface area contributed by atoms with Gasteiger partial charge >= 0.3 is 0 Å². The molecule has 1 amide bonds. The van der Waals surface area contributed by atoms with E-state index in [0.717, 1.165) is 29.8 Å². The Morgan fingerprint density at radius 2 is 2.29 bits per heavy atom. The standard InChI is InChI=1S/C9H8N2O2S/c12-4-5-3-6-7(14-5)10-8(13)9(11-6)1-2-9/h3-4,11H,1-2H2,(H,10,13). The highest BCUT2D eigenvalue weighted by Crippen LogP contribution is 2.47. The molecule has 0 bridgehead atoms. The lowest BCUT2D eigenvalue weighted by atomic mass is 10.2. The fourth-order valence-corrected chi connectivity index (χ4v) is 2.49. The van der Waals surface area contributed by atoms with Crippen LogP contribution in [0, 0.1) is 0 Å². The van der Waals surface area contributed by atoms with Crippen LogP contribution in [0.15, 0.2) is 6.07 Å². The van der Waals surface area contributed by atoms with Gasteiger partial charge in [0.25, 0.3) is 5.91 Å². The number of rotatable bonds is 1. The first-order valence-electron chi connectivity index (χ1n) is 4.42. The van der Waals surface area contributed by atoms with Crippen LogP contribution in [0.4, 0.5) is 10.7 Å². The largest absolute Gasteiger partial charge is 0.369 e. The van der Waals surface area contributed by atoms with E-state index in [1.54, 1.807) is 6.07 Å². The predicted octanol–water partition coefficient (Wildman–Crippen LogP) is 1.46. The molecule has 0 aromatic carbocycles. The Labute approximate surface area is 84.3 Å². The third-order valence-electron chi connectivity index (χ3n) is 2.65. The molecule has 0 unspecified atom stereocenters. The van der Waals surface area contributed by atoms with Gasteiger partial charge in [-0.15, -0.1) is 11.3 Å². The predicted molar refractivity (Wildman–Crippen MR) is 53.9 cm³/mol. The van der Waals surface area contributed by atoms with Crippen molar-refractivity contribution in [3.05, 3.63) is 10.9 Å². The highest BCUT2D eigenvalue weighted by atomic mass is 32.1. The summed E-state index contributed by atoms with van der Waals surface area (Å²) in [4.78, 5) is 22.8. The summed E-state index contributed by atoms with van der Waals surface area (Å²) in [6.45, 7) is 0. The van der Waals surface area contributed by atoms with E-state index in [2.05, 4.69) is 10.6 Å². The lowest BCUT2D eigenvalue weighted by Crippen LogP contribution is -2.40. The number of amides is 1. The molecular formula is C9H8N2O2S. The first-order chi connectivity index (χ1) is 6.73. The van der Waals surface area contributed by atoms with Gasteiger partial charge in [0, 0.05) is 0 Å². The van der Waals surface area contributed by atoms with Crippen molar-refractivity contribution >= 4 is 34.2 Å². The number of nitrogens with one attached hydrogen (secondary N) is 2. The molecule has 4 nitrogen and oxygen atoms in total. The number of anilines is 2. The van der Waals surface area contributed by atoms with Crippen molar-refractivity contribution in [2.24, 2.45) is 0 Å². The van der Waals surface area contributed by atoms with E-state index >= 15 is 0 Å². The van der Waals surface area contributed by atoms with Gasteiger partial charge in [-0.1, -0.05) is 0 Å². The Kier molecular flexibility index (Phi) is 1.35. The van der Waals surface area contributed by atoms with Crippen molar-refractivity contribution in [2.45, 2.75) is 18.4 Å². The lowest BCUT2D eigenvalue weighted by molar-refractivity contribution is -0.117. The van der Waals surface area contributed by atoms with Crippen molar-refractivity contribution in [1.82, 2.24) is 0 Å². The Morgan fingerprint density at radius 1 is 1.50 bits per heavy atom. The van der Waals surface area contributed by atoms with Crippen molar-refractivity contribution in [3.63, 3.8) is 0 Å². The number of hydrogen-bond donors (Lipinski definition) is 2. The van der Waals surface area contributed by atoms with Crippen LogP contribution in [0.5, 0.6) is 0 Å². The molecule has 2 heterocycles. The van der Waals surface area contributed by atoms with Crippen molar-refractivity contribution in [3.8, 4) is 0 Å². The maximum atomic E-state index is 11.6. The van der Waals surface area contributed by atoms with Gasteiger partial charge in [0.05, 0.1) is 10.6 Å². The second kappa shape index (κ2) is 2.36. The zero-order valence-electron chi connectivity index (χ0n) is 7.29. The molecule has 14 heavy (non-hydrogen) atoms. The van der Waals surface area contributed by atoms with Gasteiger partial charge in [0.2, 0.25) is 0 Å². The SMILES string of the molecule is O=Cc1cc2c(s1)NC(=O)C1(CC1)N2. The summed E-state index contributed by atoms with van der Waals surface area (Å²) in [5, 5.41) is 6.78. The average Bonchev–Trinajstić information content (AvgIpc) is 2.82. The summed E-state index contributed by atoms with van der Waals surface area (Å²) in [5.74, 6) is 0.0318. The van der Waals surface area contributed by atoms with Crippen LogP contribution in [0.1, 0.15) is 22.5 Å². The molecule has 5 heteroatoms. The minimum Gasteiger partial charge on any atom is -0.369 e. The molecule has 1 aromatic heterocycles. The van der Waals surface area contributed by atoms with Crippen molar-refractivity contribution in [2.75, 3.05) is 10.6 Å². The van der Waals surface area contributed by atoms with Crippen LogP contribution in [0.2, 0.25) is 0 Å². The van der Waals surface area contributed by atoms with Crippen LogP contribution >= 0.6 is 11.3 Å². The second-order valence-electron chi connectivity index (χ2n) is 3.67. The van der Waals surface area contributed by atoms with E-state index in [1.807, 2.05) is 0 Å². The molecule has 1 saturated carbocycles. The third kappa shape index (κ3) is 0.928. The number of fused-ring (bicyclic) bond motifs is 1. The zero-order chi connectivity index (χ0) is 9.76. The number of hydrogen-bond acceptors (Lipinski definition) is 4. The molecule has 1 aliphatic carbocycles. The summed E-state index contributed by atoms with van der Waals surface area (Å²) in [6.07, 6.45) is 2.56. The van der Waals surface area contributed by atoms with E-state index in [0.29, 0.717) is 4.88 Å². The first kappa shape index (κ1) is 7.99. The fourth-order valence-electron chi connectivity index (χ4n) is 1.67. The monoisotopic (exact) mass is 208 g/mol. The van der Waals surface area contributed by atoms with Gasteiger partial charge < -0.3 is 10.6 Å². The van der Waals surface area contributed by atoms with E-state index in [1.165, 1.54) is 11.3 Å². The van der Waals surface area contributed by atoms with Crippen LogP contribution in [-0.2, 0) is 4.79 Å². The number of thiophene rings is 1. The van der Waals surface area contributed by atoms with E-state index < -0.39 is 0 Å². The normalized spacial score (nSPS) is 21.0. The van der Waals surface area contributed by atoms with Crippen molar-refractivity contribution in [1.29, 1.82) is 0 Å². The number of carbonyl (C=O) groups excluding carboxylic acids is 2. The first-order valence-corrected chi connectivity index (χ1v) is 5.24.